The molecule has 2 rings (SSSR count). The van der Waals surface area contributed by atoms with Gasteiger partial charge in [-0.2, -0.15) is 5.26 Å². The first kappa shape index (κ1) is 11.9. The minimum atomic E-state index is -0.513. The summed E-state index contributed by atoms with van der Waals surface area (Å²) in [5.74, 6) is -0.513. The van der Waals surface area contributed by atoms with E-state index in [1.54, 1.807) is 13.0 Å². The average Bonchev–Trinajstić information content (AvgIpc) is 2.39. The van der Waals surface area contributed by atoms with E-state index in [9.17, 15) is 9.59 Å². The van der Waals surface area contributed by atoms with E-state index >= 15 is 0 Å². The maximum Gasteiger partial charge on any atom is 0.338 e. The molecule has 1 aromatic carbocycles. The van der Waals surface area contributed by atoms with Gasteiger partial charge in [0.05, 0.1) is 17.6 Å². The molecule has 1 heterocycles. The van der Waals surface area contributed by atoms with Crippen LogP contribution in [-0.2, 0) is 4.74 Å². The minimum absolute atomic E-state index is 0.0940. The molecule has 0 atom stereocenters. The zero-order valence-corrected chi connectivity index (χ0v) is 9.60. The summed E-state index contributed by atoms with van der Waals surface area (Å²) in [7, 11) is 0. The smallest absolute Gasteiger partial charge is 0.338 e. The maximum absolute atomic E-state index is 11.9. The maximum atomic E-state index is 11.9. The number of esters is 1. The van der Waals surface area contributed by atoms with Crippen molar-refractivity contribution in [1.29, 1.82) is 5.26 Å². The molecule has 0 saturated heterocycles. The second kappa shape index (κ2) is 4.72. The van der Waals surface area contributed by atoms with Gasteiger partial charge in [0.25, 0.3) is 0 Å². The molecule has 0 aliphatic carbocycles. The molecule has 0 aliphatic heterocycles. The highest BCUT2D eigenvalue weighted by Crippen LogP contribution is 2.14. The molecule has 0 aliphatic rings. The van der Waals surface area contributed by atoms with Crippen molar-refractivity contribution in [2.24, 2.45) is 0 Å². The predicted octanol–water partition coefficient (Wildman–Crippen LogP) is 1.84. The van der Waals surface area contributed by atoms with Crippen molar-refractivity contribution < 1.29 is 13.9 Å². The Bertz CT molecular complexity index is 709. The number of ether oxygens (including phenoxy) is 1. The van der Waals surface area contributed by atoms with Crippen LogP contribution in [0, 0.1) is 11.3 Å². The number of hydrogen-bond donors (Lipinski definition) is 0. The van der Waals surface area contributed by atoms with Gasteiger partial charge in [0.1, 0.15) is 23.5 Å². The Hall–Kier alpha value is -2.61. The molecule has 18 heavy (non-hydrogen) atoms. The van der Waals surface area contributed by atoms with E-state index in [1.165, 1.54) is 18.2 Å². The summed E-state index contributed by atoms with van der Waals surface area (Å²) >= 11 is 0. The van der Waals surface area contributed by atoms with Crippen LogP contribution in [0.25, 0.3) is 11.0 Å². The van der Waals surface area contributed by atoms with Crippen LogP contribution in [0.15, 0.2) is 33.7 Å². The highest BCUT2D eigenvalue weighted by molar-refractivity contribution is 5.94. The van der Waals surface area contributed by atoms with Crippen molar-refractivity contribution in [3.63, 3.8) is 0 Å². The number of fused-ring (bicyclic) bond motifs is 1. The molecule has 90 valence electrons. The molecular weight excluding hydrogens is 234 g/mol. The topological polar surface area (TPSA) is 80.3 Å². The lowest BCUT2D eigenvalue weighted by Crippen LogP contribution is -2.08. The Labute approximate surface area is 102 Å². The minimum Gasteiger partial charge on any atom is -0.463 e. The Balaban J connectivity index is 2.64. The summed E-state index contributed by atoms with van der Waals surface area (Å²) in [6, 6.07) is 6.13. The molecule has 0 fully saturated rings. The van der Waals surface area contributed by atoms with Crippen LogP contribution in [0.3, 0.4) is 0 Å². The second-order valence-corrected chi connectivity index (χ2v) is 3.52. The second-order valence-electron chi connectivity index (χ2n) is 3.52. The predicted molar refractivity (Wildman–Crippen MR) is 63.2 cm³/mol. The third-order valence-electron chi connectivity index (χ3n) is 2.40. The van der Waals surface area contributed by atoms with Gasteiger partial charge in [-0.15, -0.1) is 0 Å². The lowest BCUT2D eigenvalue weighted by atomic mass is 10.1. The normalized spacial score (nSPS) is 10.0. The highest BCUT2D eigenvalue weighted by Gasteiger charge is 2.11. The molecule has 0 spiro atoms. The molecule has 0 N–H and O–H groups in total. The monoisotopic (exact) mass is 243 g/mol. The lowest BCUT2D eigenvalue weighted by molar-refractivity contribution is 0.0526. The Kier molecular flexibility index (Phi) is 3.11. The van der Waals surface area contributed by atoms with Crippen LogP contribution in [-0.4, -0.2) is 12.6 Å². The van der Waals surface area contributed by atoms with Gasteiger partial charge in [-0.1, -0.05) is 0 Å². The summed E-state index contributed by atoms with van der Waals surface area (Å²) in [5, 5.41) is 8.93. The van der Waals surface area contributed by atoms with Crippen molar-refractivity contribution in [2.75, 3.05) is 6.61 Å². The molecule has 0 unspecified atom stereocenters. The van der Waals surface area contributed by atoms with E-state index in [0.29, 0.717) is 5.58 Å². The third kappa shape index (κ3) is 1.96. The van der Waals surface area contributed by atoms with Gasteiger partial charge in [0.2, 0.25) is 5.43 Å². The van der Waals surface area contributed by atoms with Crippen LogP contribution >= 0.6 is 0 Å². The van der Waals surface area contributed by atoms with Crippen LogP contribution in [0.4, 0.5) is 0 Å². The van der Waals surface area contributed by atoms with Gasteiger partial charge in [0.15, 0.2) is 0 Å². The number of rotatable bonds is 2. The van der Waals surface area contributed by atoms with Gasteiger partial charge in [-0.3, -0.25) is 4.79 Å². The number of nitrogens with zero attached hydrogens (tertiary/aromatic N) is 1. The van der Waals surface area contributed by atoms with Gasteiger partial charge < -0.3 is 9.15 Å². The van der Waals surface area contributed by atoms with Crippen molar-refractivity contribution >= 4 is 16.9 Å². The van der Waals surface area contributed by atoms with Crippen molar-refractivity contribution in [3.05, 3.63) is 45.8 Å². The van der Waals surface area contributed by atoms with Crippen LogP contribution in [0.1, 0.15) is 22.8 Å². The summed E-state index contributed by atoms with van der Waals surface area (Å²) in [5.41, 5.74) is 0.0344. The number of hydrogen-bond acceptors (Lipinski definition) is 5. The Morgan fingerprint density at radius 3 is 2.94 bits per heavy atom. The molecule has 0 saturated carbocycles. The number of carbonyl (C=O) groups excluding carboxylic acids is 1. The molecule has 1 aromatic heterocycles. The fraction of sp³-hybridized carbons (Fsp3) is 0.154. The zero-order chi connectivity index (χ0) is 13.1. The van der Waals surface area contributed by atoms with Gasteiger partial charge in [0, 0.05) is 0 Å². The zero-order valence-electron chi connectivity index (χ0n) is 9.60. The van der Waals surface area contributed by atoms with Crippen LogP contribution < -0.4 is 5.43 Å². The van der Waals surface area contributed by atoms with Gasteiger partial charge >= 0.3 is 5.97 Å². The first-order valence-electron chi connectivity index (χ1n) is 5.30. The Morgan fingerprint density at radius 2 is 2.28 bits per heavy atom. The van der Waals surface area contributed by atoms with Gasteiger partial charge in [-0.05, 0) is 25.1 Å². The highest BCUT2D eigenvalue weighted by atomic mass is 16.5. The molecule has 5 heteroatoms. The van der Waals surface area contributed by atoms with E-state index in [-0.39, 0.29) is 23.1 Å². The first-order valence-corrected chi connectivity index (χ1v) is 5.30. The van der Waals surface area contributed by atoms with E-state index in [1.807, 2.05) is 0 Å². The largest absolute Gasteiger partial charge is 0.463 e. The fourth-order valence-electron chi connectivity index (χ4n) is 1.55. The standard InChI is InChI=1S/C13H9NO4/c1-2-17-13(16)8-3-4-11-10(5-8)12(15)9(6-14)7-18-11/h3-5,7H,2H2,1H3. The quantitative estimate of drug-likeness (QED) is 0.752. The summed E-state index contributed by atoms with van der Waals surface area (Å²) in [6.07, 6.45) is 1.11. The lowest BCUT2D eigenvalue weighted by Gasteiger charge is -2.02. The number of nitriles is 1. The molecule has 0 bridgehead atoms. The fourth-order valence-corrected chi connectivity index (χ4v) is 1.55. The van der Waals surface area contributed by atoms with E-state index in [0.717, 1.165) is 6.26 Å². The molecule has 5 nitrogen and oxygen atoms in total. The van der Waals surface area contributed by atoms with Crippen molar-refractivity contribution in [2.45, 2.75) is 6.92 Å². The molecule has 0 radical (unpaired) electrons. The molecule has 2 aromatic rings. The van der Waals surface area contributed by atoms with Crippen LogP contribution in [0.2, 0.25) is 0 Å². The number of benzene rings is 1. The van der Waals surface area contributed by atoms with E-state index < -0.39 is 11.4 Å². The molecular formula is C13H9NO4. The summed E-state index contributed by atoms with van der Waals surface area (Å²) < 4.78 is 9.97. The Morgan fingerprint density at radius 1 is 1.50 bits per heavy atom. The first-order chi connectivity index (χ1) is 8.67. The molecule has 0 amide bonds. The average molecular weight is 243 g/mol. The van der Waals surface area contributed by atoms with Crippen molar-refractivity contribution in [1.82, 2.24) is 0 Å². The van der Waals surface area contributed by atoms with E-state index in [2.05, 4.69) is 0 Å². The van der Waals surface area contributed by atoms with Gasteiger partial charge in [-0.25, -0.2) is 4.79 Å². The SMILES string of the molecule is CCOC(=O)c1ccc2occ(C#N)c(=O)c2c1. The third-order valence-corrected chi connectivity index (χ3v) is 2.40. The summed E-state index contributed by atoms with van der Waals surface area (Å²) in [6.45, 7) is 1.95. The van der Waals surface area contributed by atoms with Crippen LogP contribution in [0.5, 0.6) is 0 Å². The van der Waals surface area contributed by atoms with E-state index in [4.69, 9.17) is 14.4 Å². The van der Waals surface area contributed by atoms with Crippen molar-refractivity contribution in [3.8, 4) is 6.07 Å². The number of carbonyl (C=O) groups is 1. The summed E-state index contributed by atoms with van der Waals surface area (Å²) in [4.78, 5) is 23.4.